The van der Waals surface area contributed by atoms with E-state index in [4.69, 9.17) is 9.15 Å². The molecule has 1 N–H and O–H groups in total. The molecule has 2 rings (SSSR count). The Morgan fingerprint density at radius 1 is 1.31 bits per heavy atom. The van der Waals surface area contributed by atoms with Crippen LogP contribution in [0.25, 0.3) is 0 Å². The molecule has 0 amide bonds. The molecule has 2 heterocycles. The number of aromatic nitrogens is 2. The molecule has 0 aliphatic carbocycles. The first-order chi connectivity index (χ1) is 7.90. The maximum absolute atomic E-state index is 5.66. The molecule has 0 unspecified atom stereocenters. The number of aryl methyl sites for hydroxylation is 1. The van der Waals surface area contributed by atoms with Crippen LogP contribution in [-0.4, -0.2) is 37.0 Å². The van der Waals surface area contributed by atoms with Crippen molar-refractivity contribution in [3.63, 3.8) is 0 Å². The largest absolute Gasteiger partial charge is 0.425 e. The molecule has 0 saturated carbocycles. The lowest BCUT2D eigenvalue weighted by Crippen LogP contribution is -2.14. The van der Waals surface area contributed by atoms with Gasteiger partial charge < -0.3 is 14.5 Å². The van der Waals surface area contributed by atoms with Gasteiger partial charge >= 0.3 is 0 Å². The Kier molecular flexibility index (Phi) is 4.30. The summed E-state index contributed by atoms with van der Waals surface area (Å²) in [4.78, 5) is 0. The second-order valence-corrected chi connectivity index (χ2v) is 4.13. The summed E-state index contributed by atoms with van der Waals surface area (Å²) >= 11 is 0. The fraction of sp³-hybridized carbons (Fsp3) is 0.818. The van der Waals surface area contributed by atoms with Crippen LogP contribution in [0.1, 0.15) is 37.0 Å². The molecule has 1 saturated heterocycles. The molecule has 1 aromatic rings. The van der Waals surface area contributed by atoms with Crippen molar-refractivity contribution >= 4 is 0 Å². The molecule has 1 aliphatic heterocycles. The summed E-state index contributed by atoms with van der Waals surface area (Å²) < 4.78 is 11.0. The minimum atomic E-state index is 0.402. The highest BCUT2D eigenvalue weighted by molar-refractivity contribution is 4.92. The number of nitrogens with one attached hydrogen (secondary N) is 1. The Labute approximate surface area is 95.6 Å². The van der Waals surface area contributed by atoms with Crippen molar-refractivity contribution in [3.05, 3.63) is 11.8 Å². The summed E-state index contributed by atoms with van der Waals surface area (Å²) in [5, 5.41) is 11.3. The first-order valence-electron chi connectivity index (χ1n) is 5.95. The Morgan fingerprint density at radius 3 is 2.88 bits per heavy atom. The third kappa shape index (κ3) is 3.02. The zero-order valence-corrected chi connectivity index (χ0v) is 9.74. The van der Waals surface area contributed by atoms with E-state index in [0.29, 0.717) is 5.92 Å². The van der Waals surface area contributed by atoms with Crippen LogP contribution >= 0.6 is 0 Å². The summed E-state index contributed by atoms with van der Waals surface area (Å²) in [6.45, 7) is 2.60. The predicted molar refractivity (Wildman–Crippen MR) is 59.3 cm³/mol. The normalized spacial score (nSPS) is 17.8. The van der Waals surface area contributed by atoms with E-state index in [-0.39, 0.29) is 0 Å². The lowest BCUT2D eigenvalue weighted by Gasteiger charge is -2.18. The van der Waals surface area contributed by atoms with E-state index < -0.39 is 0 Å². The van der Waals surface area contributed by atoms with Crippen molar-refractivity contribution in [2.24, 2.45) is 0 Å². The van der Waals surface area contributed by atoms with Crippen LogP contribution in [0.3, 0.4) is 0 Å². The van der Waals surface area contributed by atoms with Gasteiger partial charge in [0.2, 0.25) is 11.8 Å². The average Bonchev–Trinajstić information content (AvgIpc) is 2.79. The zero-order valence-electron chi connectivity index (χ0n) is 9.74. The van der Waals surface area contributed by atoms with Gasteiger partial charge in [-0.3, -0.25) is 0 Å². The Morgan fingerprint density at radius 2 is 2.12 bits per heavy atom. The monoisotopic (exact) mass is 225 g/mol. The van der Waals surface area contributed by atoms with Crippen molar-refractivity contribution in [2.45, 2.75) is 31.6 Å². The third-order valence-corrected chi connectivity index (χ3v) is 2.87. The number of nitrogens with zero attached hydrogens (tertiary/aromatic N) is 2. The topological polar surface area (TPSA) is 60.2 Å². The van der Waals surface area contributed by atoms with Gasteiger partial charge in [0.15, 0.2) is 0 Å². The molecule has 1 aromatic heterocycles. The van der Waals surface area contributed by atoms with E-state index in [1.165, 1.54) is 0 Å². The van der Waals surface area contributed by atoms with E-state index in [9.17, 15) is 0 Å². The maximum Gasteiger partial charge on any atom is 0.219 e. The second kappa shape index (κ2) is 5.96. The molecular formula is C11H19N3O2. The van der Waals surface area contributed by atoms with Crippen LogP contribution in [0.2, 0.25) is 0 Å². The van der Waals surface area contributed by atoms with Gasteiger partial charge in [0.25, 0.3) is 0 Å². The Bertz CT molecular complexity index is 308. The molecule has 90 valence electrons. The summed E-state index contributed by atoms with van der Waals surface area (Å²) in [5.74, 6) is 1.96. The van der Waals surface area contributed by atoms with Gasteiger partial charge in [-0.2, -0.15) is 0 Å². The summed E-state index contributed by atoms with van der Waals surface area (Å²) in [6.07, 6.45) is 3.89. The lowest BCUT2D eigenvalue weighted by atomic mass is 10.0. The fourth-order valence-electron chi connectivity index (χ4n) is 1.89. The standard InChI is InChI=1S/C11H19N3O2/c1-12-6-2-3-10-13-14-11(16-10)9-4-7-15-8-5-9/h9,12H,2-8H2,1H3. The molecule has 1 aliphatic rings. The van der Waals surface area contributed by atoms with Gasteiger partial charge in [-0.15, -0.1) is 10.2 Å². The van der Waals surface area contributed by atoms with Crippen molar-refractivity contribution in [2.75, 3.05) is 26.8 Å². The number of hydrogen-bond donors (Lipinski definition) is 1. The molecule has 5 heteroatoms. The number of ether oxygens (including phenoxy) is 1. The Hall–Kier alpha value is -0.940. The first kappa shape index (κ1) is 11.5. The number of rotatable bonds is 5. The van der Waals surface area contributed by atoms with Crippen LogP contribution in [0.15, 0.2) is 4.42 Å². The molecular weight excluding hydrogens is 206 g/mol. The molecule has 0 aromatic carbocycles. The van der Waals surface area contributed by atoms with Gasteiger partial charge in [0, 0.05) is 25.6 Å². The van der Waals surface area contributed by atoms with Crippen LogP contribution in [0, 0.1) is 0 Å². The maximum atomic E-state index is 5.66. The molecule has 0 atom stereocenters. The van der Waals surface area contributed by atoms with Crippen LogP contribution in [0.5, 0.6) is 0 Å². The highest BCUT2D eigenvalue weighted by Crippen LogP contribution is 2.25. The van der Waals surface area contributed by atoms with E-state index in [1.807, 2.05) is 7.05 Å². The summed E-state index contributed by atoms with van der Waals surface area (Å²) in [6, 6.07) is 0. The molecule has 5 nitrogen and oxygen atoms in total. The Balaban J connectivity index is 1.85. The van der Waals surface area contributed by atoms with E-state index >= 15 is 0 Å². The second-order valence-electron chi connectivity index (χ2n) is 4.13. The number of hydrogen-bond acceptors (Lipinski definition) is 5. The van der Waals surface area contributed by atoms with Crippen LogP contribution < -0.4 is 5.32 Å². The SMILES string of the molecule is CNCCCc1nnc(C2CCOCC2)o1. The lowest BCUT2D eigenvalue weighted by molar-refractivity contribution is 0.0791. The molecule has 0 radical (unpaired) electrons. The quantitative estimate of drug-likeness (QED) is 0.761. The zero-order chi connectivity index (χ0) is 11.2. The van der Waals surface area contributed by atoms with Crippen molar-refractivity contribution in [1.82, 2.24) is 15.5 Å². The van der Waals surface area contributed by atoms with Gasteiger partial charge in [-0.25, -0.2) is 0 Å². The van der Waals surface area contributed by atoms with Crippen molar-refractivity contribution < 1.29 is 9.15 Å². The van der Waals surface area contributed by atoms with Crippen LogP contribution in [0.4, 0.5) is 0 Å². The van der Waals surface area contributed by atoms with E-state index in [1.54, 1.807) is 0 Å². The predicted octanol–water partition coefficient (Wildman–Crippen LogP) is 1.12. The van der Waals surface area contributed by atoms with Gasteiger partial charge in [0.05, 0.1) is 0 Å². The molecule has 0 spiro atoms. The summed E-state index contributed by atoms with van der Waals surface area (Å²) in [5.41, 5.74) is 0. The third-order valence-electron chi connectivity index (χ3n) is 2.87. The summed E-state index contributed by atoms with van der Waals surface area (Å²) in [7, 11) is 1.95. The van der Waals surface area contributed by atoms with Crippen LogP contribution in [-0.2, 0) is 11.2 Å². The smallest absolute Gasteiger partial charge is 0.219 e. The molecule has 16 heavy (non-hydrogen) atoms. The minimum absolute atomic E-state index is 0.402. The first-order valence-corrected chi connectivity index (χ1v) is 5.95. The van der Waals surface area contributed by atoms with Gasteiger partial charge in [-0.1, -0.05) is 0 Å². The van der Waals surface area contributed by atoms with Crippen molar-refractivity contribution in [1.29, 1.82) is 0 Å². The van der Waals surface area contributed by atoms with Crippen molar-refractivity contribution in [3.8, 4) is 0 Å². The molecule has 0 bridgehead atoms. The molecule has 1 fully saturated rings. The highest BCUT2D eigenvalue weighted by Gasteiger charge is 2.21. The van der Waals surface area contributed by atoms with E-state index in [2.05, 4.69) is 15.5 Å². The van der Waals surface area contributed by atoms with Gasteiger partial charge in [-0.05, 0) is 32.9 Å². The van der Waals surface area contributed by atoms with Gasteiger partial charge in [0.1, 0.15) is 0 Å². The fourth-order valence-corrected chi connectivity index (χ4v) is 1.89. The average molecular weight is 225 g/mol. The minimum Gasteiger partial charge on any atom is -0.425 e. The highest BCUT2D eigenvalue weighted by atomic mass is 16.5. The van der Waals surface area contributed by atoms with E-state index in [0.717, 1.165) is 57.2 Å².